The molecule has 1 aliphatic carbocycles. The van der Waals surface area contributed by atoms with Crippen LogP contribution in [0.5, 0.6) is 0 Å². The van der Waals surface area contributed by atoms with Gasteiger partial charge in [0.25, 0.3) is 0 Å². The van der Waals surface area contributed by atoms with Gasteiger partial charge in [-0.2, -0.15) is 0 Å². The first kappa shape index (κ1) is 17.0. The van der Waals surface area contributed by atoms with E-state index in [9.17, 15) is 4.79 Å². The van der Waals surface area contributed by atoms with Gasteiger partial charge in [0.2, 0.25) is 5.91 Å². The van der Waals surface area contributed by atoms with E-state index in [4.69, 9.17) is 4.74 Å². The minimum absolute atomic E-state index is 0.0806. The second kappa shape index (κ2) is 7.41. The summed E-state index contributed by atoms with van der Waals surface area (Å²) in [4.78, 5) is 23.5. The van der Waals surface area contributed by atoms with Gasteiger partial charge in [-0.15, -0.1) is 0 Å². The fraction of sp³-hybridized carbons (Fsp3) is 0.450. The molecule has 136 valence electrons. The van der Waals surface area contributed by atoms with E-state index in [1.165, 1.54) is 0 Å². The largest absolute Gasteiger partial charge is 0.373 e. The maximum atomic E-state index is 12.8. The van der Waals surface area contributed by atoms with Crippen molar-refractivity contribution in [2.75, 3.05) is 13.2 Å². The first-order valence-corrected chi connectivity index (χ1v) is 9.20. The van der Waals surface area contributed by atoms with Crippen LogP contribution in [0.4, 0.5) is 0 Å². The third-order valence-corrected chi connectivity index (χ3v) is 5.03. The highest BCUT2D eigenvalue weighted by Crippen LogP contribution is 2.26. The van der Waals surface area contributed by atoms with Crippen LogP contribution in [0.2, 0.25) is 0 Å². The van der Waals surface area contributed by atoms with E-state index in [1.807, 2.05) is 42.5 Å². The van der Waals surface area contributed by atoms with Crippen LogP contribution in [-0.2, 0) is 22.7 Å². The lowest BCUT2D eigenvalue weighted by atomic mass is 10.1. The molecule has 2 aromatic heterocycles. The van der Waals surface area contributed by atoms with Gasteiger partial charge in [-0.25, -0.2) is 4.98 Å². The van der Waals surface area contributed by atoms with Crippen LogP contribution in [-0.4, -0.2) is 38.5 Å². The summed E-state index contributed by atoms with van der Waals surface area (Å²) >= 11 is 0. The van der Waals surface area contributed by atoms with Gasteiger partial charge >= 0.3 is 0 Å². The van der Waals surface area contributed by atoms with Crippen LogP contribution in [0.15, 0.2) is 42.4 Å². The molecule has 2 aliphatic rings. The van der Waals surface area contributed by atoms with E-state index in [-0.39, 0.29) is 11.9 Å². The van der Waals surface area contributed by atoms with Crippen LogP contribution in [0.3, 0.4) is 0 Å². The fourth-order valence-corrected chi connectivity index (χ4v) is 3.72. The van der Waals surface area contributed by atoms with Crippen molar-refractivity contribution in [2.24, 2.45) is 0 Å². The molecule has 3 heterocycles. The second-order valence-electron chi connectivity index (χ2n) is 7.04. The standard InChI is InChI=1S/C20H24N4O2/c1-15-5-4-8-17(22-15)12-26-13-19-11-23(10-18-9-21-14-24(18)19)20(25)16-6-2-3-7-16/h4-6,8-9,14,19H,2-3,7,10-13H2,1H3/t19-/m1/s1. The van der Waals surface area contributed by atoms with E-state index >= 15 is 0 Å². The van der Waals surface area contributed by atoms with Gasteiger partial charge in [-0.1, -0.05) is 12.1 Å². The lowest BCUT2D eigenvalue weighted by Gasteiger charge is -2.34. The Bertz CT molecular complexity index is 827. The molecular formula is C20H24N4O2. The van der Waals surface area contributed by atoms with Gasteiger partial charge < -0.3 is 14.2 Å². The fourth-order valence-electron chi connectivity index (χ4n) is 3.72. The monoisotopic (exact) mass is 352 g/mol. The quantitative estimate of drug-likeness (QED) is 0.830. The van der Waals surface area contributed by atoms with Crippen molar-refractivity contribution in [3.63, 3.8) is 0 Å². The first-order valence-electron chi connectivity index (χ1n) is 9.20. The number of aromatic nitrogens is 3. The number of carbonyl (C=O) groups is 1. The zero-order chi connectivity index (χ0) is 17.9. The van der Waals surface area contributed by atoms with Crippen LogP contribution >= 0.6 is 0 Å². The van der Waals surface area contributed by atoms with Crippen molar-refractivity contribution in [1.29, 1.82) is 0 Å². The molecular weight excluding hydrogens is 328 g/mol. The number of carbonyl (C=O) groups excluding carboxylic acids is 1. The highest BCUT2D eigenvalue weighted by molar-refractivity contribution is 5.93. The summed E-state index contributed by atoms with van der Waals surface area (Å²) in [7, 11) is 0. The summed E-state index contributed by atoms with van der Waals surface area (Å²) in [6.45, 7) is 4.25. The summed E-state index contributed by atoms with van der Waals surface area (Å²) in [6, 6.07) is 6.02. The smallest absolute Gasteiger partial charge is 0.249 e. The molecule has 6 heteroatoms. The Labute approximate surface area is 153 Å². The van der Waals surface area contributed by atoms with Crippen molar-refractivity contribution >= 4 is 5.91 Å². The molecule has 0 radical (unpaired) electrons. The van der Waals surface area contributed by atoms with Crippen LogP contribution in [0, 0.1) is 6.92 Å². The van der Waals surface area contributed by atoms with E-state index in [2.05, 4.69) is 20.6 Å². The number of fused-ring (bicyclic) bond motifs is 1. The number of rotatable bonds is 5. The molecule has 0 N–H and O–H groups in total. The molecule has 0 saturated carbocycles. The van der Waals surface area contributed by atoms with Gasteiger partial charge in [-0.3, -0.25) is 9.78 Å². The Morgan fingerprint density at radius 3 is 3.12 bits per heavy atom. The molecule has 0 spiro atoms. The molecule has 0 saturated heterocycles. The molecule has 1 amide bonds. The Balaban J connectivity index is 1.42. The van der Waals surface area contributed by atoms with Crippen molar-refractivity contribution in [2.45, 2.75) is 45.4 Å². The Morgan fingerprint density at radius 1 is 1.38 bits per heavy atom. The predicted molar refractivity (Wildman–Crippen MR) is 97.2 cm³/mol. The second-order valence-corrected chi connectivity index (χ2v) is 7.04. The number of allylic oxidation sites excluding steroid dienone is 1. The topological polar surface area (TPSA) is 60.2 Å². The minimum atomic E-state index is 0.0806. The zero-order valence-corrected chi connectivity index (χ0v) is 15.1. The maximum Gasteiger partial charge on any atom is 0.249 e. The van der Waals surface area contributed by atoms with Gasteiger partial charge in [-0.05, 0) is 38.3 Å². The van der Waals surface area contributed by atoms with Crippen molar-refractivity contribution in [1.82, 2.24) is 19.4 Å². The number of hydrogen-bond donors (Lipinski definition) is 0. The van der Waals surface area contributed by atoms with Crippen molar-refractivity contribution in [3.05, 3.63) is 59.5 Å². The van der Waals surface area contributed by atoms with E-state index in [0.29, 0.717) is 26.3 Å². The predicted octanol–water partition coefficient (Wildman–Crippen LogP) is 2.80. The lowest BCUT2D eigenvalue weighted by molar-refractivity contribution is -0.129. The average molecular weight is 352 g/mol. The SMILES string of the molecule is Cc1cccc(COC[C@H]2CN(C(=O)C3=CCCC3)Cc3cncn32)n1. The molecule has 6 nitrogen and oxygen atoms in total. The van der Waals surface area contributed by atoms with Gasteiger partial charge in [0, 0.05) is 24.0 Å². The Morgan fingerprint density at radius 2 is 2.31 bits per heavy atom. The molecule has 0 aromatic carbocycles. The zero-order valence-electron chi connectivity index (χ0n) is 15.1. The molecule has 26 heavy (non-hydrogen) atoms. The summed E-state index contributed by atoms with van der Waals surface area (Å²) in [5.41, 5.74) is 3.94. The van der Waals surface area contributed by atoms with E-state index < -0.39 is 0 Å². The summed E-state index contributed by atoms with van der Waals surface area (Å²) in [5.74, 6) is 0.167. The maximum absolute atomic E-state index is 12.8. The minimum Gasteiger partial charge on any atom is -0.373 e. The number of imidazole rings is 1. The molecule has 1 aliphatic heterocycles. The number of aryl methyl sites for hydroxylation is 1. The Kier molecular flexibility index (Phi) is 4.84. The molecule has 0 fully saturated rings. The summed E-state index contributed by atoms with van der Waals surface area (Å²) in [6.07, 6.45) is 8.77. The molecule has 2 aromatic rings. The van der Waals surface area contributed by atoms with E-state index in [1.54, 1.807) is 0 Å². The molecule has 0 bridgehead atoms. The highest BCUT2D eigenvalue weighted by atomic mass is 16.5. The van der Waals surface area contributed by atoms with Gasteiger partial charge in [0.15, 0.2) is 0 Å². The molecule has 1 atom stereocenters. The van der Waals surface area contributed by atoms with Crippen LogP contribution < -0.4 is 0 Å². The van der Waals surface area contributed by atoms with E-state index in [0.717, 1.165) is 41.9 Å². The van der Waals surface area contributed by atoms with Crippen LogP contribution in [0.25, 0.3) is 0 Å². The van der Waals surface area contributed by atoms with Gasteiger partial charge in [0.1, 0.15) is 0 Å². The number of pyridine rings is 1. The number of ether oxygens (including phenoxy) is 1. The lowest BCUT2D eigenvalue weighted by Crippen LogP contribution is -2.42. The molecule has 0 unspecified atom stereocenters. The van der Waals surface area contributed by atoms with Crippen molar-refractivity contribution < 1.29 is 9.53 Å². The summed E-state index contributed by atoms with van der Waals surface area (Å²) < 4.78 is 8.07. The summed E-state index contributed by atoms with van der Waals surface area (Å²) in [5, 5.41) is 0. The average Bonchev–Trinajstić information content (AvgIpc) is 3.33. The first-order chi connectivity index (χ1) is 12.7. The molecule has 4 rings (SSSR count). The Hall–Kier alpha value is -2.47. The highest BCUT2D eigenvalue weighted by Gasteiger charge is 2.30. The van der Waals surface area contributed by atoms with Gasteiger partial charge in [0.05, 0.1) is 43.5 Å². The number of amides is 1. The number of hydrogen-bond acceptors (Lipinski definition) is 4. The van der Waals surface area contributed by atoms with Crippen LogP contribution in [0.1, 0.15) is 42.4 Å². The number of nitrogens with zero attached hydrogens (tertiary/aromatic N) is 4. The third kappa shape index (κ3) is 3.55. The third-order valence-electron chi connectivity index (χ3n) is 5.03. The van der Waals surface area contributed by atoms with Crippen molar-refractivity contribution in [3.8, 4) is 0 Å². The normalized spacial score (nSPS) is 19.3.